The quantitative estimate of drug-likeness (QED) is 0.761. The highest BCUT2D eigenvalue weighted by atomic mass is 15.4. The molecule has 7 heteroatoms. The van der Waals surface area contributed by atoms with Gasteiger partial charge in [-0.25, -0.2) is 0 Å². The third-order valence-electron chi connectivity index (χ3n) is 4.80. The standard InChI is InChI=1S/C19H19N7/c1-2-7-16-14(5-1)18(15-6-3-4-8-21-15)22-13-17-23-24-19(26(16)17)25-11-9-20-10-12-25/h1-8,20H,9-13H2. The Labute approximate surface area is 151 Å². The highest BCUT2D eigenvalue weighted by Crippen LogP contribution is 2.28. The van der Waals surface area contributed by atoms with Gasteiger partial charge in [-0.15, -0.1) is 10.2 Å². The Morgan fingerprint density at radius 2 is 1.77 bits per heavy atom. The molecule has 26 heavy (non-hydrogen) atoms. The summed E-state index contributed by atoms with van der Waals surface area (Å²) in [5, 5.41) is 12.3. The van der Waals surface area contributed by atoms with Crippen molar-refractivity contribution >= 4 is 11.7 Å². The first-order chi connectivity index (χ1) is 12.9. The summed E-state index contributed by atoms with van der Waals surface area (Å²) in [5.41, 5.74) is 3.89. The van der Waals surface area contributed by atoms with E-state index < -0.39 is 0 Å². The second kappa shape index (κ2) is 6.34. The van der Waals surface area contributed by atoms with Crippen molar-refractivity contribution in [3.63, 3.8) is 0 Å². The molecule has 0 spiro atoms. The number of hydrogen-bond acceptors (Lipinski definition) is 6. The third-order valence-corrected chi connectivity index (χ3v) is 4.80. The largest absolute Gasteiger partial charge is 0.338 e. The number of nitrogens with zero attached hydrogens (tertiary/aromatic N) is 6. The zero-order chi connectivity index (χ0) is 17.3. The molecule has 0 saturated carbocycles. The van der Waals surface area contributed by atoms with Crippen LogP contribution in [0, 0.1) is 0 Å². The van der Waals surface area contributed by atoms with E-state index in [1.54, 1.807) is 6.20 Å². The first-order valence-corrected chi connectivity index (χ1v) is 8.87. The maximum Gasteiger partial charge on any atom is 0.232 e. The molecule has 0 unspecified atom stereocenters. The van der Waals surface area contributed by atoms with E-state index >= 15 is 0 Å². The summed E-state index contributed by atoms with van der Waals surface area (Å²) in [7, 11) is 0. The number of piperazine rings is 1. The molecule has 7 nitrogen and oxygen atoms in total. The molecular weight excluding hydrogens is 326 g/mol. The summed E-state index contributed by atoms with van der Waals surface area (Å²) >= 11 is 0. The third kappa shape index (κ3) is 2.48. The Hall–Kier alpha value is -3.06. The van der Waals surface area contributed by atoms with Gasteiger partial charge < -0.3 is 10.2 Å². The fraction of sp³-hybridized carbons (Fsp3) is 0.263. The van der Waals surface area contributed by atoms with E-state index in [1.165, 1.54) is 0 Å². The van der Waals surface area contributed by atoms with Crippen LogP contribution in [-0.4, -0.2) is 51.6 Å². The van der Waals surface area contributed by atoms with Gasteiger partial charge in [-0.05, 0) is 18.2 Å². The van der Waals surface area contributed by atoms with Gasteiger partial charge in [0.05, 0.1) is 17.1 Å². The van der Waals surface area contributed by atoms with Crippen molar-refractivity contribution in [2.24, 2.45) is 4.99 Å². The normalized spacial score (nSPS) is 16.5. The van der Waals surface area contributed by atoms with E-state index in [9.17, 15) is 0 Å². The van der Waals surface area contributed by atoms with Crippen LogP contribution in [0.1, 0.15) is 17.1 Å². The molecule has 4 heterocycles. The van der Waals surface area contributed by atoms with Gasteiger partial charge in [0.25, 0.3) is 0 Å². The van der Waals surface area contributed by atoms with E-state index in [0.29, 0.717) is 6.54 Å². The van der Waals surface area contributed by atoms with Crippen molar-refractivity contribution in [1.82, 2.24) is 25.1 Å². The number of nitrogens with one attached hydrogen (secondary N) is 1. The smallest absolute Gasteiger partial charge is 0.232 e. The topological polar surface area (TPSA) is 71.2 Å². The predicted octanol–water partition coefficient (Wildman–Crippen LogP) is 1.42. The molecule has 0 bridgehead atoms. The molecule has 1 fully saturated rings. The van der Waals surface area contributed by atoms with Crippen molar-refractivity contribution in [3.8, 4) is 5.69 Å². The number of aromatic nitrogens is 4. The van der Waals surface area contributed by atoms with Gasteiger partial charge in [0.2, 0.25) is 5.95 Å². The van der Waals surface area contributed by atoms with E-state index in [0.717, 1.165) is 60.6 Å². The molecule has 1 aromatic carbocycles. The van der Waals surface area contributed by atoms with Crippen molar-refractivity contribution in [2.45, 2.75) is 6.54 Å². The fourth-order valence-corrected chi connectivity index (χ4v) is 3.55. The minimum Gasteiger partial charge on any atom is -0.338 e. The molecule has 0 aliphatic carbocycles. The summed E-state index contributed by atoms with van der Waals surface area (Å²) in [4.78, 5) is 11.6. The molecule has 2 aromatic heterocycles. The van der Waals surface area contributed by atoms with Crippen molar-refractivity contribution in [1.29, 1.82) is 0 Å². The Morgan fingerprint density at radius 1 is 0.923 bits per heavy atom. The van der Waals surface area contributed by atoms with Gasteiger partial charge in [-0.3, -0.25) is 14.5 Å². The lowest BCUT2D eigenvalue weighted by Gasteiger charge is -2.28. The molecule has 3 aromatic rings. The van der Waals surface area contributed by atoms with Crippen molar-refractivity contribution in [2.75, 3.05) is 31.1 Å². The highest BCUT2D eigenvalue weighted by Gasteiger charge is 2.26. The molecule has 2 aliphatic rings. The first-order valence-electron chi connectivity index (χ1n) is 8.87. The Morgan fingerprint density at radius 3 is 2.62 bits per heavy atom. The van der Waals surface area contributed by atoms with Gasteiger partial charge in [-0.1, -0.05) is 24.3 Å². The maximum atomic E-state index is 4.83. The molecule has 1 saturated heterocycles. The number of anilines is 1. The molecule has 0 atom stereocenters. The van der Waals surface area contributed by atoms with Crippen LogP contribution in [0.15, 0.2) is 53.7 Å². The lowest BCUT2D eigenvalue weighted by molar-refractivity contribution is 0.576. The Balaban J connectivity index is 1.67. The number of pyridine rings is 1. The number of rotatable bonds is 2. The van der Waals surface area contributed by atoms with Crippen LogP contribution in [0.2, 0.25) is 0 Å². The molecule has 2 aliphatic heterocycles. The van der Waals surface area contributed by atoms with Crippen LogP contribution >= 0.6 is 0 Å². The van der Waals surface area contributed by atoms with Crippen molar-refractivity contribution in [3.05, 3.63) is 65.7 Å². The first kappa shape index (κ1) is 15.2. The van der Waals surface area contributed by atoms with E-state index in [2.05, 4.69) is 42.1 Å². The molecule has 0 radical (unpaired) electrons. The minimum atomic E-state index is 0.486. The summed E-state index contributed by atoms with van der Waals surface area (Å²) in [6, 6.07) is 14.2. The minimum absolute atomic E-state index is 0.486. The van der Waals surface area contributed by atoms with Crippen LogP contribution in [0.25, 0.3) is 5.69 Å². The average molecular weight is 345 g/mol. The van der Waals surface area contributed by atoms with Crippen LogP contribution in [0.3, 0.4) is 0 Å². The van der Waals surface area contributed by atoms with E-state index in [1.807, 2.05) is 30.3 Å². The lowest BCUT2D eigenvalue weighted by Crippen LogP contribution is -2.44. The second-order valence-electron chi connectivity index (χ2n) is 6.39. The molecular formula is C19H19N7. The zero-order valence-corrected chi connectivity index (χ0v) is 14.3. The number of benzene rings is 1. The van der Waals surface area contributed by atoms with E-state index in [4.69, 9.17) is 4.99 Å². The summed E-state index contributed by atoms with van der Waals surface area (Å²) in [6.07, 6.45) is 1.80. The van der Waals surface area contributed by atoms with Crippen LogP contribution < -0.4 is 10.2 Å². The molecule has 0 amide bonds. The number of hydrogen-bond donors (Lipinski definition) is 1. The molecule has 130 valence electrons. The van der Waals surface area contributed by atoms with E-state index in [-0.39, 0.29) is 0 Å². The highest BCUT2D eigenvalue weighted by molar-refractivity contribution is 6.14. The average Bonchev–Trinajstić information content (AvgIpc) is 3.07. The Bertz CT molecular complexity index is 955. The number of fused-ring (bicyclic) bond motifs is 3. The van der Waals surface area contributed by atoms with Crippen LogP contribution in [0.5, 0.6) is 0 Å². The summed E-state index contributed by atoms with van der Waals surface area (Å²) in [6.45, 7) is 4.25. The predicted molar refractivity (Wildman–Crippen MR) is 100 cm³/mol. The fourth-order valence-electron chi connectivity index (χ4n) is 3.55. The summed E-state index contributed by atoms with van der Waals surface area (Å²) in [5.74, 6) is 1.75. The van der Waals surface area contributed by atoms with Gasteiger partial charge in [0.1, 0.15) is 6.54 Å². The second-order valence-corrected chi connectivity index (χ2v) is 6.39. The van der Waals surface area contributed by atoms with Gasteiger partial charge in [0, 0.05) is 37.9 Å². The van der Waals surface area contributed by atoms with Gasteiger partial charge >= 0.3 is 0 Å². The Kier molecular flexibility index (Phi) is 3.71. The lowest BCUT2D eigenvalue weighted by atomic mass is 10.0. The van der Waals surface area contributed by atoms with Gasteiger partial charge in [0.15, 0.2) is 5.82 Å². The molecule has 5 rings (SSSR count). The molecule has 1 N–H and O–H groups in total. The summed E-state index contributed by atoms with van der Waals surface area (Å²) < 4.78 is 2.15. The van der Waals surface area contributed by atoms with Crippen LogP contribution in [0.4, 0.5) is 5.95 Å². The monoisotopic (exact) mass is 345 g/mol. The number of para-hydroxylation sites is 1. The number of aliphatic imine (C=N–C) groups is 1. The SMILES string of the molecule is c1ccc(C2=NCc3nnc(N4CCNCC4)n3-c3ccccc32)nc1. The van der Waals surface area contributed by atoms with Crippen LogP contribution in [-0.2, 0) is 6.54 Å². The maximum absolute atomic E-state index is 4.83. The van der Waals surface area contributed by atoms with Crippen molar-refractivity contribution < 1.29 is 0 Å². The zero-order valence-electron chi connectivity index (χ0n) is 14.3. The van der Waals surface area contributed by atoms with Gasteiger partial charge in [-0.2, -0.15) is 0 Å².